The molecule has 6 nitrogen and oxygen atoms in total. The molecule has 0 bridgehead atoms. The first-order chi connectivity index (χ1) is 18.2. The first kappa shape index (κ1) is 26.3. The van der Waals surface area contributed by atoms with Crippen LogP contribution in [0, 0.1) is 5.82 Å². The molecule has 0 saturated heterocycles. The predicted octanol–water partition coefficient (Wildman–Crippen LogP) is 6.17. The van der Waals surface area contributed by atoms with Crippen LogP contribution in [0.4, 0.5) is 36.4 Å². The minimum absolute atomic E-state index is 0.0238. The fourth-order valence-electron chi connectivity index (χ4n) is 4.53. The van der Waals surface area contributed by atoms with Crippen LogP contribution in [0.3, 0.4) is 0 Å². The lowest BCUT2D eigenvalue weighted by atomic mass is 9.90. The van der Waals surface area contributed by atoms with Gasteiger partial charge in [-0.15, -0.1) is 10.2 Å². The molecule has 0 saturated carbocycles. The summed E-state index contributed by atoms with van der Waals surface area (Å²) in [5, 5.41) is 6.68. The average molecular weight is 549 g/mol. The van der Waals surface area contributed by atoms with Crippen LogP contribution in [0.2, 0.25) is 0 Å². The molecule has 5 rings (SSSR count). The Balaban J connectivity index is 1.56. The third-order valence-electron chi connectivity index (χ3n) is 6.67. The number of hydrogen-bond donors (Lipinski definition) is 0. The molecule has 1 atom stereocenters. The van der Waals surface area contributed by atoms with Gasteiger partial charge in [-0.05, 0) is 53.9 Å². The zero-order valence-electron chi connectivity index (χ0n) is 20.3. The summed E-state index contributed by atoms with van der Waals surface area (Å²) in [5.74, 6) is -6.72. The third-order valence-corrected chi connectivity index (χ3v) is 6.67. The zero-order valence-corrected chi connectivity index (χ0v) is 20.3. The Labute approximate surface area is 216 Å². The fraction of sp³-hybridized carbons (Fsp3) is 0.231. The van der Waals surface area contributed by atoms with Gasteiger partial charge in [-0.2, -0.15) is 22.0 Å². The van der Waals surface area contributed by atoms with E-state index in [9.17, 15) is 22.4 Å². The van der Waals surface area contributed by atoms with E-state index in [2.05, 4.69) is 15.2 Å². The third kappa shape index (κ3) is 4.31. The van der Waals surface area contributed by atoms with Crippen molar-refractivity contribution >= 4 is 11.6 Å². The van der Waals surface area contributed by atoms with E-state index in [-0.39, 0.29) is 27.9 Å². The molecule has 39 heavy (non-hydrogen) atoms. The van der Waals surface area contributed by atoms with E-state index >= 15 is 13.2 Å². The standard InChI is InChI=1S/C26H18F7N5O/c1-24(28,25(29,30)23-36-35-13-37(23)2)16-4-3-5-18(9-16)38-12-20-19(22(38)39)7-14(8-21(20)26(31,32)33)15-6-17(27)11-34-10-15/h3-11,13H,12H2,1-2H3. The van der Waals surface area contributed by atoms with Gasteiger partial charge >= 0.3 is 12.1 Å². The van der Waals surface area contributed by atoms with E-state index in [4.69, 9.17) is 0 Å². The molecule has 0 N–H and O–H groups in total. The Morgan fingerprint density at radius 3 is 2.33 bits per heavy atom. The van der Waals surface area contributed by atoms with Gasteiger partial charge in [0.05, 0.1) is 18.3 Å². The number of amides is 1. The maximum Gasteiger partial charge on any atom is 0.416 e. The number of alkyl halides is 6. The Morgan fingerprint density at radius 2 is 1.69 bits per heavy atom. The van der Waals surface area contributed by atoms with Crippen LogP contribution >= 0.6 is 0 Å². The van der Waals surface area contributed by atoms with Crippen molar-refractivity contribution in [2.75, 3.05) is 4.90 Å². The number of rotatable bonds is 5. The molecule has 1 amide bonds. The molecule has 1 unspecified atom stereocenters. The summed E-state index contributed by atoms with van der Waals surface area (Å²) in [4.78, 5) is 17.9. The van der Waals surface area contributed by atoms with Gasteiger partial charge in [0.1, 0.15) is 12.1 Å². The monoisotopic (exact) mass is 549 g/mol. The number of pyridine rings is 1. The van der Waals surface area contributed by atoms with Crippen molar-refractivity contribution in [2.24, 2.45) is 7.05 Å². The fourth-order valence-corrected chi connectivity index (χ4v) is 4.53. The highest BCUT2D eigenvalue weighted by atomic mass is 19.4. The van der Waals surface area contributed by atoms with Gasteiger partial charge < -0.3 is 9.47 Å². The zero-order chi connectivity index (χ0) is 28.3. The summed E-state index contributed by atoms with van der Waals surface area (Å²) in [6, 6.07) is 7.55. The van der Waals surface area contributed by atoms with Crippen molar-refractivity contribution in [1.29, 1.82) is 0 Å². The second kappa shape index (κ2) is 8.89. The number of anilines is 1. The second-order valence-corrected chi connectivity index (χ2v) is 9.22. The Morgan fingerprint density at radius 1 is 0.949 bits per heavy atom. The summed E-state index contributed by atoms with van der Waals surface area (Å²) in [6.07, 6.45) is -1.84. The summed E-state index contributed by atoms with van der Waals surface area (Å²) in [7, 11) is 1.22. The smallest absolute Gasteiger partial charge is 0.316 e. The first-order valence-electron chi connectivity index (χ1n) is 11.4. The van der Waals surface area contributed by atoms with Gasteiger partial charge in [-0.1, -0.05) is 12.1 Å². The number of benzene rings is 2. The van der Waals surface area contributed by atoms with Gasteiger partial charge in [-0.25, -0.2) is 8.78 Å². The van der Waals surface area contributed by atoms with Crippen molar-refractivity contribution in [1.82, 2.24) is 19.7 Å². The van der Waals surface area contributed by atoms with Crippen LogP contribution in [0.1, 0.15) is 39.8 Å². The molecule has 2 aromatic carbocycles. The number of carbonyl (C=O) groups excluding carboxylic acids is 1. The summed E-state index contributed by atoms with van der Waals surface area (Å²) in [5.41, 5.74) is -5.77. The number of fused-ring (bicyclic) bond motifs is 1. The van der Waals surface area contributed by atoms with Crippen molar-refractivity contribution in [3.63, 3.8) is 0 Å². The maximum absolute atomic E-state index is 15.7. The van der Waals surface area contributed by atoms with Gasteiger partial charge in [0.2, 0.25) is 11.5 Å². The van der Waals surface area contributed by atoms with E-state index in [1.54, 1.807) is 0 Å². The van der Waals surface area contributed by atoms with Crippen molar-refractivity contribution < 1.29 is 35.5 Å². The number of halogens is 7. The normalized spacial score (nSPS) is 15.4. The average Bonchev–Trinajstić information content (AvgIpc) is 3.46. The van der Waals surface area contributed by atoms with Crippen LogP contribution in [0.5, 0.6) is 0 Å². The summed E-state index contributed by atoms with van der Waals surface area (Å²) >= 11 is 0. The highest BCUT2D eigenvalue weighted by molar-refractivity contribution is 6.11. The van der Waals surface area contributed by atoms with Crippen LogP contribution < -0.4 is 4.90 Å². The lowest BCUT2D eigenvalue weighted by Gasteiger charge is -2.30. The molecular formula is C26H18F7N5O. The van der Waals surface area contributed by atoms with Crippen LogP contribution in [0.15, 0.2) is 61.2 Å². The lowest BCUT2D eigenvalue weighted by Crippen LogP contribution is -2.39. The topological polar surface area (TPSA) is 63.9 Å². The van der Waals surface area contributed by atoms with Gasteiger partial charge in [-0.3, -0.25) is 9.78 Å². The lowest BCUT2D eigenvalue weighted by molar-refractivity contribution is -0.149. The molecule has 13 heteroatoms. The molecule has 1 aliphatic rings. The van der Waals surface area contributed by atoms with Crippen molar-refractivity contribution in [3.8, 4) is 11.1 Å². The Kier molecular flexibility index (Phi) is 6.00. The predicted molar refractivity (Wildman–Crippen MR) is 125 cm³/mol. The van der Waals surface area contributed by atoms with Crippen molar-refractivity contribution in [3.05, 3.63) is 95.1 Å². The summed E-state index contributed by atoms with van der Waals surface area (Å²) < 4.78 is 103. The molecule has 4 aromatic rings. The molecule has 2 aromatic heterocycles. The van der Waals surface area contributed by atoms with Gasteiger partial charge in [0, 0.05) is 30.1 Å². The van der Waals surface area contributed by atoms with E-state index < -0.39 is 53.0 Å². The number of aromatic nitrogens is 4. The molecule has 1 aliphatic heterocycles. The molecule has 3 heterocycles. The van der Waals surface area contributed by atoms with Crippen LogP contribution in [-0.4, -0.2) is 25.7 Å². The number of aryl methyl sites for hydroxylation is 1. The van der Waals surface area contributed by atoms with Crippen molar-refractivity contribution in [2.45, 2.75) is 31.2 Å². The van der Waals surface area contributed by atoms with E-state index in [0.717, 1.165) is 52.5 Å². The quantitative estimate of drug-likeness (QED) is 0.279. The Bertz CT molecular complexity index is 1600. The largest absolute Gasteiger partial charge is 0.416 e. The molecular weight excluding hydrogens is 531 g/mol. The Hall–Kier alpha value is -4.29. The van der Waals surface area contributed by atoms with Gasteiger partial charge in [0.25, 0.3) is 5.91 Å². The summed E-state index contributed by atoms with van der Waals surface area (Å²) in [6.45, 7) is 0.0965. The van der Waals surface area contributed by atoms with E-state index in [1.165, 1.54) is 25.2 Å². The minimum Gasteiger partial charge on any atom is -0.316 e. The van der Waals surface area contributed by atoms with Gasteiger partial charge in [0.15, 0.2) is 0 Å². The second-order valence-electron chi connectivity index (χ2n) is 9.22. The molecule has 202 valence electrons. The van der Waals surface area contributed by atoms with Crippen LogP contribution in [0.25, 0.3) is 11.1 Å². The highest BCUT2D eigenvalue weighted by Crippen LogP contribution is 2.48. The minimum atomic E-state index is -4.87. The number of carbonyl (C=O) groups is 1. The number of hydrogen-bond acceptors (Lipinski definition) is 4. The van der Waals surface area contributed by atoms with E-state index in [0.29, 0.717) is 6.92 Å². The van der Waals surface area contributed by atoms with Crippen LogP contribution in [-0.2, 0) is 31.4 Å². The maximum atomic E-state index is 15.7. The molecule has 0 aliphatic carbocycles. The number of nitrogens with zero attached hydrogens (tertiary/aromatic N) is 5. The first-order valence-corrected chi connectivity index (χ1v) is 11.4. The van der Waals surface area contributed by atoms with E-state index in [1.807, 2.05) is 0 Å². The highest BCUT2D eigenvalue weighted by Gasteiger charge is 2.57. The molecule has 0 fully saturated rings. The molecule has 0 radical (unpaired) electrons. The SMILES string of the molecule is Cn1cnnc1C(F)(F)C(C)(F)c1cccc(N2Cc3c(cc(-c4cncc(F)c4)cc3C(F)(F)F)C2=O)c1. The molecule has 0 spiro atoms.